The second kappa shape index (κ2) is 3.51. The Morgan fingerprint density at radius 3 is 3.15 bits per heavy atom. The molecule has 1 nitrogen and oxygen atoms in total. The summed E-state index contributed by atoms with van der Waals surface area (Å²) in [6.07, 6.45) is 3.14. The van der Waals surface area contributed by atoms with Gasteiger partial charge in [0.25, 0.3) is 0 Å². The maximum Gasteiger partial charge on any atom is 0.0433 e. The van der Waals surface area contributed by atoms with Crippen molar-refractivity contribution in [1.82, 2.24) is 0 Å². The van der Waals surface area contributed by atoms with Crippen LogP contribution < -0.4 is 4.90 Å². The van der Waals surface area contributed by atoms with Crippen LogP contribution in [0.4, 0.5) is 5.69 Å². The molecule has 1 aliphatic heterocycles. The van der Waals surface area contributed by atoms with E-state index in [1.165, 1.54) is 17.7 Å². The van der Waals surface area contributed by atoms with Crippen molar-refractivity contribution in [3.05, 3.63) is 48.2 Å². The molecule has 0 saturated carbocycles. The normalized spacial score (nSPS) is 13.7. The Morgan fingerprint density at radius 1 is 1.46 bits per heavy atom. The molecule has 0 aliphatic carbocycles. The fraction of sp³-hybridized carbons (Fsp3) is 0.250. The Morgan fingerprint density at radius 2 is 2.31 bits per heavy atom. The smallest absolute Gasteiger partial charge is 0.0433 e. The molecular formula is C12H13N. The van der Waals surface area contributed by atoms with E-state index in [1.54, 1.807) is 0 Å². The first-order valence-corrected chi connectivity index (χ1v) is 4.59. The molecule has 0 saturated heterocycles. The maximum atomic E-state index is 3.57. The van der Waals surface area contributed by atoms with E-state index in [-0.39, 0.29) is 0 Å². The Balaban J connectivity index is 2.23. The Hall–Kier alpha value is -1.46. The van der Waals surface area contributed by atoms with Crippen LogP contribution in [-0.4, -0.2) is 13.1 Å². The highest BCUT2D eigenvalue weighted by molar-refractivity contribution is 5.58. The predicted molar refractivity (Wildman–Crippen MR) is 56.1 cm³/mol. The zero-order valence-electron chi connectivity index (χ0n) is 7.66. The molecule has 0 bridgehead atoms. The van der Waals surface area contributed by atoms with Gasteiger partial charge in [-0.05, 0) is 24.1 Å². The largest absolute Gasteiger partial charge is 0.367 e. The number of hydrogen-bond acceptors (Lipinski definition) is 1. The molecule has 1 aliphatic rings. The lowest BCUT2D eigenvalue weighted by molar-refractivity contribution is 0.904. The third-order valence-corrected chi connectivity index (χ3v) is 2.44. The van der Waals surface area contributed by atoms with Gasteiger partial charge in [0.1, 0.15) is 0 Å². The standard InChI is InChI=1S/C12H13N/c1-2-3-9-13-10-8-11-6-4-5-7-12(11)13/h3-7H,1,8-10H2. The monoisotopic (exact) mass is 171 g/mol. The number of rotatable bonds is 2. The molecule has 1 heterocycles. The summed E-state index contributed by atoms with van der Waals surface area (Å²) in [6, 6.07) is 8.58. The van der Waals surface area contributed by atoms with Crippen LogP contribution in [0.5, 0.6) is 0 Å². The fourth-order valence-corrected chi connectivity index (χ4v) is 1.77. The van der Waals surface area contributed by atoms with Gasteiger partial charge in [-0.1, -0.05) is 24.8 Å². The Kier molecular flexibility index (Phi) is 2.20. The van der Waals surface area contributed by atoms with Gasteiger partial charge in [-0.15, -0.1) is 5.73 Å². The third kappa shape index (κ3) is 1.51. The van der Waals surface area contributed by atoms with Crippen LogP contribution in [0.3, 0.4) is 0 Å². The van der Waals surface area contributed by atoms with Crippen LogP contribution in [0.15, 0.2) is 42.7 Å². The highest BCUT2D eigenvalue weighted by Gasteiger charge is 2.16. The molecule has 0 unspecified atom stereocenters. The van der Waals surface area contributed by atoms with Crippen molar-refractivity contribution in [2.24, 2.45) is 0 Å². The van der Waals surface area contributed by atoms with Crippen LogP contribution >= 0.6 is 0 Å². The van der Waals surface area contributed by atoms with E-state index in [9.17, 15) is 0 Å². The van der Waals surface area contributed by atoms with Crippen LogP contribution in [0.1, 0.15) is 5.56 Å². The molecule has 0 fully saturated rings. The summed E-state index contributed by atoms with van der Waals surface area (Å²) < 4.78 is 0. The molecule has 0 N–H and O–H groups in total. The summed E-state index contributed by atoms with van der Waals surface area (Å²) in [5, 5.41) is 0. The van der Waals surface area contributed by atoms with Crippen molar-refractivity contribution >= 4 is 5.69 Å². The van der Waals surface area contributed by atoms with Gasteiger partial charge in [-0.25, -0.2) is 0 Å². The quantitative estimate of drug-likeness (QED) is 0.617. The molecule has 0 atom stereocenters. The first-order valence-electron chi connectivity index (χ1n) is 4.59. The minimum absolute atomic E-state index is 0.931. The van der Waals surface area contributed by atoms with Crippen molar-refractivity contribution in [3.8, 4) is 0 Å². The SMILES string of the molecule is C=C=CCN1CCc2ccccc21. The van der Waals surface area contributed by atoms with E-state index in [1.807, 2.05) is 6.08 Å². The number of fused-ring (bicyclic) bond motifs is 1. The van der Waals surface area contributed by atoms with Gasteiger partial charge in [-0.3, -0.25) is 0 Å². The fourth-order valence-electron chi connectivity index (χ4n) is 1.77. The predicted octanol–water partition coefficient (Wildman–Crippen LogP) is 2.39. The van der Waals surface area contributed by atoms with Crippen molar-refractivity contribution in [1.29, 1.82) is 0 Å². The lowest BCUT2D eigenvalue weighted by Crippen LogP contribution is -2.19. The second-order valence-corrected chi connectivity index (χ2v) is 3.23. The van der Waals surface area contributed by atoms with Gasteiger partial charge >= 0.3 is 0 Å². The van der Waals surface area contributed by atoms with E-state index in [4.69, 9.17) is 0 Å². The third-order valence-electron chi connectivity index (χ3n) is 2.44. The van der Waals surface area contributed by atoms with Gasteiger partial charge in [0, 0.05) is 18.8 Å². The summed E-state index contributed by atoms with van der Waals surface area (Å²) in [5.41, 5.74) is 5.64. The first kappa shape index (κ1) is 8.15. The number of benzene rings is 1. The van der Waals surface area contributed by atoms with E-state index in [0.717, 1.165) is 13.1 Å². The second-order valence-electron chi connectivity index (χ2n) is 3.23. The van der Waals surface area contributed by atoms with Crippen molar-refractivity contribution < 1.29 is 0 Å². The number of hydrogen-bond donors (Lipinski definition) is 0. The summed E-state index contributed by atoms with van der Waals surface area (Å²) in [6.45, 7) is 5.62. The van der Waals surface area contributed by atoms with Crippen molar-refractivity contribution in [3.63, 3.8) is 0 Å². The zero-order valence-corrected chi connectivity index (χ0v) is 7.66. The average Bonchev–Trinajstić information content (AvgIpc) is 2.58. The molecule has 2 rings (SSSR count). The van der Waals surface area contributed by atoms with E-state index in [0.29, 0.717) is 0 Å². The van der Waals surface area contributed by atoms with E-state index >= 15 is 0 Å². The van der Waals surface area contributed by atoms with Gasteiger partial charge in [0.2, 0.25) is 0 Å². The molecule has 0 amide bonds. The lowest BCUT2D eigenvalue weighted by atomic mass is 10.2. The highest BCUT2D eigenvalue weighted by Crippen LogP contribution is 2.26. The molecule has 1 aromatic rings. The van der Waals surface area contributed by atoms with Gasteiger partial charge < -0.3 is 4.90 Å². The van der Waals surface area contributed by atoms with Crippen molar-refractivity contribution in [2.75, 3.05) is 18.0 Å². The van der Waals surface area contributed by atoms with Crippen LogP contribution in [0.2, 0.25) is 0 Å². The van der Waals surface area contributed by atoms with Gasteiger partial charge in [0.05, 0.1) is 0 Å². The van der Waals surface area contributed by atoms with E-state index in [2.05, 4.69) is 41.5 Å². The average molecular weight is 171 g/mol. The molecule has 1 heteroatoms. The van der Waals surface area contributed by atoms with Crippen LogP contribution in [-0.2, 0) is 6.42 Å². The van der Waals surface area contributed by atoms with Gasteiger partial charge in [0.15, 0.2) is 0 Å². The first-order chi connectivity index (χ1) is 6.42. The molecule has 0 spiro atoms. The minimum atomic E-state index is 0.931. The Labute approximate surface area is 79.0 Å². The number of anilines is 1. The molecule has 66 valence electrons. The minimum Gasteiger partial charge on any atom is -0.367 e. The molecule has 1 aromatic carbocycles. The molecule has 0 aromatic heterocycles. The van der Waals surface area contributed by atoms with Crippen LogP contribution in [0, 0.1) is 0 Å². The summed E-state index contributed by atoms with van der Waals surface area (Å²) in [7, 11) is 0. The Bertz CT molecular complexity index is 348. The highest BCUT2D eigenvalue weighted by atomic mass is 15.1. The van der Waals surface area contributed by atoms with E-state index < -0.39 is 0 Å². The van der Waals surface area contributed by atoms with Crippen LogP contribution in [0.25, 0.3) is 0 Å². The summed E-state index contributed by atoms with van der Waals surface area (Å²) >= 11 is 0. The van der Waals surface area contributed by atoms with Gasteiger partial charge in [-0.2, -0.15) is 0 Å². The topological polar surface area (TPSA) is 3.24 Å². The molecule has 0 radical (unpaired) electrons. The van der Waals surface area contributed by atoms with Crippen molar-refractivity contribution in [2.45, 2.75) is 6.42 Å². The molecular weight excluding hydrogens is 158 g/mol. The number of para-hydroxylation sites is 1. The lowest BCUT2D eigenvalue weighted by Gasteiger charge is -2.16. The zero-order chi connectivity index (χ0) is 9.10. The molecule has 13 heavy (non-hydrogen) atoms. The summed E-state index contributed by atoms with van der Waals surface area (Å²) in [4.78, 5) is 2.35. The summed E-state index contributed by atoms with van der Waals surface area (Å²) in [5.74, 6) is 0. The maximum absolute atomic E-state index is 3.57. The number of nitrogens with zero attached hydrogens (tertiary/aromatic N) is 1.